The van der Waals surface area contributed by atoms with E-state index in [0.717, 1.165) is 22.5 Å². The lowest BCUT2D eigenvalue weighted by molar-refractivity contribution is 0.405. The Morgan fingerprint density at radius 3 is 1.19 bits per heavy atom. The van der Waals surface area contributed by atoms with Gasteiger partial charge in [0, 0.05) is 11.1 Å². The Kier molecular flexibility index (Phi) is 5.78. The number of hydrogen-bond acceptors (Lipinski definition) is 4. The lowest BCUT2D eigenvalue weighted by atomic mass is 10.2. The molecule has 0 aromatic heterocycles. The fraction of sp³-hybridized carbons (Fsp3) is 0.0909. The first-order valence-corrected chi connectivity index (χ1v) is 8.26. The zero-order chi connectivity index (χ0) is 18.2. The summed E-state index contributed by atoms with van der Waals surface area (Å²) in [5.41, 5.74) is 3.46. The number of rotatable bonds is 4. The highest BCUT2D eigenvalue weighted by Gasteiger charge is 2.05. The molecule has 0 unspecified atom stereocenters. The van der Waals surface area contributed by atoms with E-state index in [9.17, 15) is 0 Å². The molecule has 0 N–H and O–H groups in total. The fourth-order valence-electron chi connectivity index (χ4n) is 2.45. The normalized spacial score (nSPS) is 11.9. The first-order chi connectivity index (χ1) is 12.8. The average Bonchev–Trinajstić information content (AvgIpc) is 2.72. The molecule has 0 spiro atoms. The van der Waals surface area contributed by atoms with Crippen molar-refractivity contribution in [1.82, 2.24) is 0 Å². The van der Waals surface area contributed by atoms with Crippen LogP contribution in [0.25, 0.3) is 0 Å². The van der Waals surface area contributed by atoms with Crippen LogP contribution in [0.2, 0.25) is 0 Å². The molecule has 3 aromatic rings. The van der Waals surface area contributed by atoms with Crippen LogP contribution in [0, 0.1) is 0 Å². The van der Waals surface area contributed by atoms with E-state index in [1.54, 1.807) is 14.2 Å². The molecule has 26 heavy (non-hydrogen) atoms. The van der Waals surface area contributed by atoms with Gasteiger partial charge in [-0.15, -0.1) is 0 Å². The van der Waals surface area contributed by atoms with E-state index in [0.29, 0.717) is 11.8 Å². The van der Waals surface area contributed by atoms with E-state index in [4.69, 9.17) is 9.47 Å². The van der Waals surface area contributed by atoms with Crippen molar-refractivity contribution in [2.45, 2.75) is 0 Å². The third-order valence-corrected chi connectivity index (χ3v) is 3.74. The summed E-state index contributed by atoms with van der Waals surface area (Å²) in [4.78, 5) is 9.12. The Morgan fingerprint density at radius 1 is 0.538 bits per heavy atom. The summed E-state index contributed by atoms with van der Waals surface area (Å²) in [6.07, 6.45) is 0. The maximum absolute atomic E-state index is 5.41. The van der Waals surface area contributed by atoms with Gasteiger partial charge in [-0.2, -0.15) is 0 Å². The topological polar surface area (TPSA) is 43.2 Å². The maximum atomic E-state index is 5.41. The lowest BCUT2D eigenvalue weighted by Gasteiger charge is -2.06. The van der Waals surface area contributed by atoms with Crippen molar-refractivity contribution in [3.63, 3.8) is 0 Å². The van der Waals surface area contributed by atoms with Gasteiger partial charge in [-0.25, -0.2) is 9.98 Å². The molecule has 4 nitrogen and oxygen atoms in total. The largest absolute Gasteiger partial charge is 0.481 e. The molecule has 0 saturated carbocycles. The SMILES string of the molecule is CO/C(=N\c1ccc(/N=C(\OC)c2ccccc2)cc1)c1ccccc1. The van der Waals surface area contributed by atoms with E-state index >= 15 is 0 Å². The van der Waals surface area contributed by atoms with Gasteiger partial charge in [-0.3, -0.25) is 0 Å². The summed E-state index contributed by atoms with van der Waals surface area (Å²) in [7, 11) is 3.24. The van der Waals surface area contributed by atoms with Crippen LogP contribution in [0.5, 0.6) is 0 Å². The van der Waals surface area contributed by atoms with Crippen molar-refractivity contribution >= 4 is 23.2 Å². The highest BCUT2D eigenvalue weighted by Crippen LogP contribution is 2.21. The Hall–Kier alpha value is -3.40. The summed E-state index contributed by atoms with van der Waals surface area (Å²) in [6, 6.07) is 27.2. The first kappa shape index (κ1) is 17.4. The van der Waals surface area contributed by atoms with Crippen molar-refractivity contribution in [2.75, 3.05) is 14.2 Å². The third-order valence-electron chi connectivity index (χ3n) is 3.74. The van der Waals surface area contributed by atoms with Gasteiger partial charge in [0.25, 0.3) is 0 Å². The molecule has 0 saturated heterocycles. The predicted octanol–water partition coefficient (Wildman–Crippen LogP) is 5.14. The van der Waals surface area contributed by atoms with Crippen LogP contribution >= 0.6 is 0 Å². The Bertz CT molecular complexity index is 810. The van der Waals surface area contributed by atoms with Crippen molar-refractivity contribution < 1.29 is 9.47 Å². The molecule has 0 amide bonds. The quantitative estimate of drug-likeness (QED) is 0.486. The highest BCUT2D eigenvalue weighted by molar-refractivity contribution is 5.96. The van der Waals surface area contributed by atoms with Crippen LogP contribution in [0.3, 0.4) is 0 Å². The second-order valence-electron chi connectivity index (χ2n) is 5.49. The lowest BCUT2D eigenvalue weighted by Crippen LogP contribution is -2.02. The minimum atomic E-state index is 0.573. The number of aliphatic imine (C=N–C) groups is 2. The van der Waals surface area contributed by atoms with Crippen LogP contribution < -0.4 is 0 Å². The van der Waals surface area contributed by atoms with Gasteiger partial charge >= 0.3 is 0 Å². The van der Waals surface area contributed by atoms with Gasteiger partial charge in [0.2, 0.25) is 11.8 Å². The minimum Gasteiger partial charge on any atom is -0.481 e. The van der Waals surface area contributed by atoms with Gasteiger partial charge in [-0.05, 0) is 48.5 Å². The Balaban J connectivity index is 1.84. The number of nitrogens with zero attached hydrogens (tertiary/aromatic N) is 2. The number of methoxy groups -OCH3 is 2. The first-order valence-electron chi connectivity index (χ1n) is 8.26. The highest BCUT2D eigenvalue weighted by atomic mass is 16.5. The molecule has 0 bridgehead atoms. The smallest absolute Gasteiger partial charge is 0.220 e. The molecule has 0 aliphatic carbocycles. The van der Waals surface area contributed by atoms with Crippen molar-refractivity contribution in [3.05, 3.63) is 96.1 Å². The molecule has 4 heteroatoms. The van der Waals surface area contributed by atoms with E-state index in [-0.39, 0.29) is 0 Å². The molecule has 0 radical (unpaired) electrons. The molecule has 0 atom stereocenters. The van der Waals surface area contributed by atoms with Crippen LogP contribution in [0.4, 0.5) is 11.4 Å². The van der Waals surface area contributed by atoms with E-state index < -0.39 is 0 Å². The number of benzene rings is 3. The van der Waals surface area contributed by atoms with E-state index in [1.165, 1.54) is 0 Å². The third kappa shape index (κ3) is 4.36. The molecule has 3 aromatic carbocycles. The van der Waals surface area contributed by atoms with Crippen molar-refractivity contribution in [3.8, 4) is 0 Å². The van der Waals surface area contributed by atoms with Gasteiger partial charge in [0.1, 0.15) is 0 Å². The average molecular weight is 344 g/mol. The zero-order valence-electron chi connectivity index (χ0n) is 14.8. The molecule has 3 rings (SSSR count). The second kappa shape index (κ2) is 8.62. The summed E-state index contributed by atoms with van der Waals surface area (Å²) in [5, 5.41) is 0. The zero-order valence-corrected chi connectivity index (χ0v) is 14.8. The van der Waals surface area contributed by atoms with E-state index in [1.807, 2.05) is 84.9 Å². The number of hydrogen-bond donors (Lipinski definition) is 0. The monoisotopic (exact) mass is 344 g/mol. The summed E-state index contributed by atoms with van der Waals surface area (Å²) in [6.45, 7) is 0. The standard InChI is InChI=1S/C22H20N2O2/c1-25-21(17-9-5-3-6-10-17)23-19-13-15-20(16-14-19)24-22(26-2)18-11-7-4-8-12-18/h3-16H,1-2H3/b23-21-,24-22-. The van der Waals surface area contributed by atoms with Crippen LogP contribution in [-0.2, 0) is 9.47 Å². The molecule has 0 aliphatic heterocycles. The summed E-state index contributed by atoms with van der Waals surface area (Å²) in [5.74, 6) is 1.15. The predicted molar refractivity (Wildman–Crippen MR) is 106 cm³/mol. The maximum Gasteiger partial charge on any atom is 0.220 e. The van der Waals surface area contributed by atoms with Gasteiger partial charge < -0.3 is 9.47 Å². The van der Waals surface area contributed by atoms with Crippen LogP contribution in [0.15, 0.2) is 94.9 Å². The molecular formula is C22H20N2O2. The molecular weight excluding hydrogens is 324 g/mol. The van der Waals surface area contributed by atoms with Crippen molar-refractivity contribution in [1.29, 1.82) is 0 Å². The Morgan fingerprint density at radius 2 is 0.885 bits per heavy atom. The molecule has 0 aliphatic rings. The number of ether oxygens (including phenoxy) is 2. The second-order valence-corrected chi connectivity index (χ2v) is 5.49. The van der Waals surface area contributed by atoms with Gasteiger partial charge in [0.15, 0.2) is 0 Å². The van der Waals surface area contributed by atoms with Gasteiger partial charge in [-0.1, -0.05) is 36.4 Å². The van der Waals surface area contributed by atoms with Crippen LogP contribution in [0.1, 0.15) is 11.1 Å². The minimum absolute atomic E-state index is 0.573. The summed E-state index contributed by atoms with van der Waals surface area (Å²) >= 11 is 0. The van der Waals surface area contributed by atoms with E-state index in [2.05, 4.69) is 9.98 Å². The van der Waals surface area contributed by atoms with Crippen LogP contribution in [-0.4, -0.2) is 26.0 Å². The molecule has 0 fully saturated rings. The summed E-state index contributed by atoms with van der Waals surface area (Å²) < 4.78 is 10.8. The molecule has 0 heterocycles. The molecule has 130 valence electrons. The van der Waals surface area contributed by atoms with Gasteiger partial charge in [0.05, 0.1) is 25.6 Å². The Labute approximate surface area is 153 Å². The van der Waals surface area contributed by atoms with Crippen molar-refractivity contribution in [2.24, 2.45) is 9.98 Å². The fourth-order valence-corrected chi connectivity index (χ4v) is 2.45.